The van der Waals surface area contributed by atoms with Crippen molar-refractivity contribution < 1.29 is 27.5 Å². The molecule has 1 aromatic carbocycles. The van der Waals surface area contributed by atoms with Gasteiger partial charge in [-0.3, -0.25) is 9.67 Å². The zero-order valence-corrected chi connectivity index (χ0v) is 14.8. The van der Waals surface area contributed by atoms with Gasteiger partial charge in [-0.05, 0) is 48.4 Å². The Morgan fingerprint density at radius 3 is 2.50 bits per heavy atom. The summed E-state index contributed by atoms with van der Waals surface area (Å²) in [6, 6.07) is 5.52. The molecule has 9 heteroatoms. The van der Waals surface area contributed by atoms with Gasteiger partial charge in [-0.15, -0.1) is 0 Å². The van der Waals surface area contributed by atoms with Crippen LogP contribution in [0, 0.1) is 12.7 Å². The van der Waals surface area contributed by atoms with E-state index < -0.39 is 23.5 Å². The smallest absolute Gasteiger partial charge is 0.416 e. The molecule has 28 heavy (non-hydrogen) atoms. The minimum atomic E-state index is -4.64. The molecule has 0 radical (unpaired) electrons. The van der Waals surface area contributed by atoms with Gasteiger partial charge in [0.1, 0.15) is 5.82 Å². The molecule has 2 aromatic heterocycles. The lowest BCUT2D eigenvalue weighted by Gasteiger charge is -2.08. The molecule has 0 amide bonds. The molecule has 3 aromatic rings. The average Bonchev–Trinajstić information content (AvgIpc) is 2.93. The molecule has 0 bridgehead atoms. The number of benzene rings is 1. The summed E-state index contributed by atoms with van der Waals surface area (Å²) in [5.74, 6) is -2.31. The molecule has 0 aliphatic carbocycles. The monoisotopic (exact) mass is 392 g/mol. The maximum Gasteiger partial charge on any atom is 0.416 e. The number of carboxylic acids is 1. The zero-order chi connectivity index (χ0) is 20.6. The van der Waals surface area contributed by atoms with Gasteiger partial charge in [-0.25, -0.2) is 4.39 Å². The summed E-state index contributed by atoms with van der Waals surface area (Å²) in [5.41, 5.74) is 0.884. The number of aryl methyl sites for hydroxylation is 2. The number of hydrogen-bond donors (Lipinski definition) is 0. The second-order valence-electron chi connectivity index (χ2n) is 6.34. The number of halogens is 4. The van der Waals surface area contributed by atoms with Gasteiger partial charge >= 0.3 is 6.18 Å². The molecule has 2 heterocycles. The van der Waals surface area contributed by atoms with Crippen LogP contribution in [0.3, 0.4) is 0 Å². The lowest BCUT2D eigenvalue weighted by atomic mass is 10.0. The SMILES string of the molecule is Cc1cc(-c2cc(Cc3cc(F)cc(C(F)(F)F)c3)nn2C)ncc1C(=O)[O-]. The highest BCUT2D eigenvalue weighted by Gasteiger charge is 2.31. The predicted molar refractivity (Wildman–Crippen MR) is 89.7 cm³/mol. The van der Waals surface area contributed by atoms with Crippen LogP contribution in [0.5, 0.6) is 0 Å². The first-order valence-electron chi connectivity index (χ1n) is 8.12. The van der Waals surface area contributed by atoms with Crippen LogP contribution in [0.4, 0.5) is 17.6 Å². The first-order valence-corrected chi connectivity index (χ1v) is 8.12. The Morgan fingerprint density at radius 2 is 1.89 bits per heavy atom. The van der Waals surface area contributed by atoms with Crippen LogP contribution in [0.1, 0.15) is 32.7 Å². The summed E-state index contributed by atoms with van der Waals surface area (Å²) in [6.07, 6.45) is -3.48. The normalized spacial score (nSPS) is 11.6. The standard InChI is InChI=1S/C19H15F4N3O2/c1-10-3-16(24-9-15(10)18(27)28)17-8-14(25-26(17)2)6-11-4-12(19(21,22)23)7-13(20)5-11/h3-5,7-9H,6H2,1-2H3,(H,27,28)/p-1. The number of carbonyl (C=O) groups is 1. The topological polar surface area (TPSA) is 70.8 Å². The number of aromatic nitrogens is 3. The van der Waals surface area contributed by atoms with Crippen molar-refractivity contribution in [3.8, 4) is 11.4 Å². The average molecular weight is 392 g/mol. The van der Waals surface area contributed by atoms with Crippen molar-refractivity contribution in [2.24, 2.45) is 7.05 Å². The van der Waals surface area contributed by atoms with E-state index in [2.05, 4.69) is 10.1 Å². The van der Waals surface area contributed by atoms with Crippen LogP contribution in [-0.2, 0) is 19.6 Å². The Balaban J connectivity index is 1.92. The van der Waals surface area contributed by atoms with Gasteiger partial charge in [0.15, 0.2) is 0 Å². The van der Waals surface area contributed by atoms with Gasteiger partial charge in [0.05, 0.1) is 28.6 Å². The van der Waals surface area contributed by atoms with E-state index in [0.717, 1.165) is 12.1 Å². The van der Waals surface area contributed by atoms with E-state index in [4.69, 9.17) is 0 Å². The number of pyridine rings is 1. The third-order valence-corrected chi connectivity index (χ3v) is 4.19. The van der Waals surface area contributed by atoms with Crippen molar-refractivity contribution in [3.05, 3.63) is 70.3 Å². The lowest BCUT2D eigenvalue weighted by molar-refractivity contribution is -0.255. The minimum absolute atomic E-state index is 0.00914. The lowest BCUT2D eigenvalue weighted by Crippen LogP contribution is -2.23. The van der Waals surface area contributed by atoms with Crippen molar-refractivity contribution in [1.82, 2.24) is 14.8 Å². The molecule has 5 nitrogen and oxygen atoms in total. The maximum atomic E-state index is 13.6. The summed E-state index contributed by atoms with van der Waals surface area (Å²) in [5, 5.41) is 15.2. The second kappa shape index (κ2) is 7.06. The minimum Gasteiger partial charge on any atom is -0.545 e. The van der Waals surface area contributed by atoms with Gasteiger partial charge in [0.25, 0.3) is 0 Å². The van der Waals surface area contributed by atoms with Crippen molar-refractivity contribution in [3.63, 3.8) is 0 Å². The molecular weight excluding hydrogens is 378 g/mol. The van der Waals surface area contributed by atoms with E-state index >= 15 is 0 Å². The molecule has 0 spiro atoms. The van der Waals surface area contributed by atoms with E-state index in [1.54, 1.807) is 26.1 Å². The van der Waals surface area contributed by atoms with Gasteiger partial charge in [-0.1, -0.05) is 0 Å². The molecule has 0 N–H and O–H groups in total. The molecule has 0 atom stereocenters. The molecule has 3 rings (SSSR count). The summed E-state index contributed by atoms with van der Waals surface area (Å²) in [6.45, 7) is 1.60. The van der Waals surface area contributed by atoms with Crippen LogP contribution >= 0.6 is 0 Å². The molecule has 0 fully saturated rings. The molecule has 0 unspecified atom stereocenters. The fourth-order valence-corrected chi connectivity index (χ4v) is 2.89. The molecule has 0 aliphatic rings. The summed E-state index contributed by atoms with van der Waals surface area (Å²) in [7, 11) is 1.62. The van der Waals surface area contributed by atoms with Gasteiger partial charge < -0.3 is 9.90 Å². The number of carbonyl (C=O) groups excluding carboxylic acids is 1. The van der Waals surface area contributed by atoms with Crippen molar-refractivity contribution in [1.29, 1.82) is 0 Å². The van der Waals surface area contributed by atoms with E-state index in [1.807, 2.05) is 0 Å². The third kappa shape index (κ3) is 4.03. The number of carboxylic acid groups (broad SMARTS) is 1. The molecule has 146 valence electrons. The van der Waals surface area contributed by atoms with Crippen LogP contribution < -0.4 is 5.11 Å². The van der Waals surface area contributed by atoms with E-state index in [0.29, 0.717) is 28.7 Å². The number of nitrogens with zero attached hydrogens (tertiary/aromatic N) is 3. The van der Waals surface area contributed by atoms with E-state index in [1.165, 1.54) is 10.9 Å². The van der Waals surface area contributed by atoms with Gasteiger partial charge in [0, 0.05) is 25.2 Å². The number of alkyl halides is 3. The van der Waals surface area contributed by atoms with Gasteiger partial charge in [-0.2, -0.15) is 18.3 Å². The van der Waals surface area contributed by atoms with E-state index in [-0.39, 0.29) is 17.5 Å². The highest BCUT2D eigenvalue weighted by molar-refractivity contribution is 5.87. The first-order chi connectivity index (χ1) is 13.0. The zero-order valence-electron chi connectivity index (χ0n) is 14.8. The highest BCUT2D eigenvalue weighted by Crippen LogP contribution is 2.31. The summed E-state index contributed by atoms with van der Waals surface area (Å²) in [4.78, 5) is 15.1. The Hall–Kier alpha value is -3.23. The largest absolute Gasteiger partial charge is 0.545 e. The predicted octanol–water partition coefficient (Wildman–Crippen LogP) is 2.90. The van der Waals surface area contributed by atoms with Crippen molar-refractivity contribution >= 4 is 5.97 Å². The third-order valence-electron chi connectivity index (χ3n) is 4.19. The summed E-state index contributed by atoms with van der Waals surface area (Å²) >= 11 is 0. The molecule has 0 saturated carbocycles. The first kappa shape index (κ1) is 19.5. The van der Waals surface area contributed by atoms with E-state index in [9.17, 15) is 27.5 Å². The Kier molecular flexibility index (Phi) is 4.93. The molecule has 0 saturated heterocycles. The Bertz CT molecular complexity index is 1060. The molecular formula is C19H14F4N3O2-. The van der Waals surface area contributed by atoms with Crippen molar-refractivity contribution in [2.45, 2.75) is 19.5 Å². The fraction of sp³-hybridized carbons (Fsp3) is 0.211. The Morgan fingerprint density at radius 1 is 1.18 bits per heavy atom. The highest BCUT2D eigenvalue weighted by atomic mass is 19.4. The van der Waals surface area contributed by atoms with Gasteiger partial charge in [0.2, 0.25) is 0 Å². The second-order valence-corrected chi connectivity index (χ2v) is 6.34. The van der Waals surface area contributed by atoms with Crippen molar-refractivity contribution in [2.75, 3.05) is 0 Å². The summed E-state index contributed by atoms with van der Waals surface area (Å²) < 4.78 is 53.6. The fourth-order valence-electron chi connectivity index (χ4n) is 2.89. The van der Waals surface area contributed by atoms with Crippen LogP contribution in [0.25, 0.3) is 11.4 Å². The van der Waals surface area contributed by atoms with Crippen LogP contribution in [0.15, 0.2) is 36.5 Å². The van der Waals surface area contributed by atoms with Crippen LogP contribution in [-0.4, -0.2) is 20.7 Å². The number of rotatable bonds is 4. The molecule has 0 aliphatic heterocycles. The quantitative estimate of drug-likeness (QED) is 0.640. The Labute approximate surface area is 157 Å². The maximum absolute atomic E-state index is 13.6. The number of hydrogen-bond acceptors (Lipinski definition) is 4. The number of aromatic carboxylic acids is 1. The van der Waals surface area contributed by atoms with Crippen LogP contribution in [0.2, 0.25) is 0 Å².